The van der Waals surface area contributed by atoms with Gasteiger partial charge in [0, 0.05) is 30.1 Å². The maximum absolute atomic E-state index is 14.8. The lowest BCUT2D eigenvalue weighted by atomic mass is 9.81. The van der Waals surface area contributed by atoms with Crippen molar-refractivity contribution in [1.82, 2.24) is 10.1 Å². The van der Waals surface area contributed by atoms with E-state index in [9.17, 15) is 4.39 Å². The van der Waals surface area contributed by atoms with E-state index in [1.165, 1.54) is 0 Å². The number of nitrogens with two attached hydrogens (primary N) is 1. The van der Waals surface area contributed by atoms with Crippen LogP contribution in [0.1, 0.15) is 37.9 Å². The van der Waals surface area contributed by atoms with Crippen LogP contribution in [0.4, 0.5) is 10.3 Å². The van der Waals surface area contributed by atoms with E-state index in [1.807, 2.05) is 61.2 Å². The summed E-state index contributed by atoms with van der Waals surface area (Å²) in [5.74, 6) is 0.543. The zero-order valence-electron chi connectivity index (χ0n) is 16.7. The Hall–Kier alpha value is -3.15. The van der Waals surface area contributed by atoms with Crippen LogP contribution >= 0.6 is 0 Å². The van der Waals surface area contributed by atoms with Gasteiger partial charge in [0.1, 0.15) is 5.82 Å². The molecule has 1 fully saturated rings. The molecular formula is C23H25FN4O. The fourth-order valence-corrected chi connectivity index (χ4v) is 3.65. The first-order valence-electron chi connectivity index (χ1n) is 9.87. The van der Waals surface area contributed by atoms with Crippen LogP contribution in [-0.2, 0) is 5.41 Å². The second-order valence-electron chi connectivity index (χ2n) is 7.90. The fourth-order valence-electron chi connectivity index (χ4n) is 3.65. The van der Waals surface area contributed by atoms with Crippen LogP contribution < -0.4 is 5.73 Å². The van der Waals surface area contributed by atoms with Crippen LogP contribution in [-0.4, -0.2) is 29.1 Å². The lowest BCUT2D eigenvalue weighted by Gasteiger charge is -2.23. The molecule has 3 aromatic rings. The minimum Gasteiger partial charge on any atom is -0.369 e. The van der Waals surface area contributed by atoms with E-state index in [1.54, 1.807) is 12.1 Å². The first-order chi connectivity index (χ1) is 13.9. The highest BCUT2D eigenvalue weighted by Crippen LogP contribution is 2.35. The number of hydrogen-bond acceptors (Lipinski definition) is 3. The van der Waals surface area contributed by atoms with Crippen molar-refractivity contribution in [1.29, 1.82) is 0 Å². The highest BCUT2D eigenvalue weighted by molar-refractivity contribution is 5.80. The van der Waals surface area contributed by atoms with E-state index in [0.29, 0.717) is 23.1 Å². The number of aromatic nitrogens is 1. The maximum Gasteiger partial charge on any atom is 0.253 e. The number of aliphatic imine (C=N–C) groups is 1. The van der Waals surface area contributed by atoms with Gasteiger partial charge in [-0.1, -0.05) is 61.5 Å². The number of rotatable bonds is 4. The third kappa shape index (κ3) is 3.88. The first-order valence-corrected chi connectivity index (χ1v) is 9.87. The van der Waals surface area contributed by atoms with Crippen LogP contribution in [0.3, 0.4) is 0 Å². The Balaban J connectivity index is 1.59. The highest BCUT2D eigenvalue weighted by Gasteiger charge is 2.28. The summed E-state index contributed by atoms with van der Waals surface area (Å²) in [6.45, 7) is 5.79. The van der Waals surface area contributed by atoms with Crippen molar-refractivity contribution in [2.24, 2.45) is 10.7 Å². The van der Waals surface area contributed by atoms with Crippen molar-refractivity contribution in [2.75, 3.05) is 13.1 Å². The van der Waals surface area contributed by atoms with Gasteiger partial charge in [0.15, 0.2) is 5.96 Å². The minimum atomic E-state index is -0.546. The summed E-state index contributed by atoms with van der Waals surface area (Å²) in [4.78, 5) is 6.39. The molecule has 0 bridgehead atoms. The van der Waals surface area contributed by atoms with E-state index in [4.69, 9.17) is 10.3 Å². The number of benzene rings is 2. The second kappa shape index (κ2) is 7.70. The molecule has 6 heteroatoms. The van der Waals surface area contributed by atoms with Crippen molar-refractivity contribution in [3.05, 3.63) is 71.7 Å². The summed E-state index contributed by atoms with van der Waals surface area (Å²) < 4.78 is 20.2. The number of halogens is 1. The molecule has 4 rings (SSSR count). The molecule has 150 valence electrons. The monoisotopic (exact) mass is 392 g/mol. The summed E-state index contributed by atoms with van der Waals surface area (Å²) in [6, 6.07) is 16.6. The summed E-state index contributed by atoms with van der Waals surface area (Å²) in [7, 11) is 0. The molecule has 0 unspecified atom stereocenters. The standard InChI is InChI=1S/C23H25FN4O/c1-23(2,17-10-11-18(19(24)14-17)16-8-4-3-5-9-16)20-15-21(29-27-20)26-22(25)28-12-6-7-13-28/h3-5,8-11,14-15H,6-7,12-13H2,1-2H3,(H2,25,26). The molecule has 1 aliphatic rings. The molecule has 1 aromatic heterocycles. The molecule has 0 amide bonds. The fraction of sp³-hybridized carbons (Fsp3) is 0.304. The molecule has 0 radical (unpaired) electrons. The molecule has 5 nitrogen and oxygen atoms in total. The molecular weight excluding hydrogens is 367 g/mol. The molecule has 0 atom stereocenters. The van der Waals surface area contributed by atoms with E-state index < -0.39 is 5.41 Å². The highest BCUT2D eigenvalue weighted by atomic mass is 19.1. The van der Waals surface area contributed by atoms with Gasteiger partial charge in [-0.2, -0.15) is 4.99 Å². The van der Waals surface area contributed by atoms with Crippen molar-refractivity contribution in [2.45, 2.75) is 32.1 Å². The van der Waals surface area contributed by atoms with E-state index in [2.05, 4.69) is 10.1 Å². The SMILES string of the molecule is CC(C)(c1ccc(-c2ccccc2)c(F)c1)c1cc(N=C(N)N2CCCC2)on1. The molecule has 0 aliphatic carbocycles. The van der Waals surface area contributed by atoms with E-state index in [-0.39, 0.29) is 5.82 Å². The average molecular weight is 392 g/mol. The normalized spacial score (nSPS) is 15.1. The van der Waals surface area contributed by atoms with Crippen molar-refractivity contribution >= 4 is 11.8 Å². The summed E-state index contributed by atoms with van der Waals surface area (Å²) in [5, 5.41) is 4.18. The van der Waals surface area contributed by atoms with Gasteiger partial charge in [0.05, 0.1) is 5.69 Å². The van der Waals surface area contributed by atoms with Gasteiger partial charge in [-0.05, 0) is 30.0 Å². The molecule has 1 aliphatic heterocycles. The predicted molar refractivity (Wildman–Crippen MR) is 113 cm³/mol. The lowest BCUT2D eigenvalue weighted by Crippen LogP contribution is -2.34. The molecule has 0 saturated carbocycles. The molecule has 2 N–H and O–H groups in total. The average Bonchev–Trinajstić information content (AvgIpc) is 3.41. The van der Waals surface area contributed by atoms with Gasteiger partial charge in [-0.25, -0.2) is 4.39 Å². The summed E-state index contributed by atoms with van der Waals surface area (Å²) in [5.41, 5.74) is 8.44. The van der Waals surface area contributed by atoms with Gasteiger partial charge in [0.2, 0.25) is 0 Å². The molecule has 29 heavy (non-hydrogen) atoms. The smallest absolute Gasteiger partial charge is 0.253 e. The third-order valence-electron chi connectivity index (χ3n) is 5.57. The predicted octanol–water partition coefficient (Wildman–Crippen LogP) is 4.85. The number of guanidine groups is 1. The number of hydrogen-bond donors (Lipinski definition) is 1. The summed E-state index contributed by atoms with van der Waals surface area (Å²) in [6.07, 6.45) is 2.24. The van der Waals surface area contributed by atoms with Gasteiger partial charge in [0.25, 0.3) is 5.88 Å². The molecule has 2 aromatic carbocycles. The van der Waals surface area contributed by atoms with Crippen LogP contribution in [0.2, 0.25) is 0 Å². The minimum absolute atomic E-state index is 0.262. The van der Waals surface area contributed by atoms with Crippen molar-refractivity contribution in [3.8, 4) is 11.1 Å². The second-order valence-corrected chi connectivity index (χ2v) is 7.90. The van der Waals surface area contributed by atoms with Gasteiger partial charge < -0.3 is 15.2 Å². The lowest BCUT2D eigenvalue weighted by molar-refractivity contribution is 0.404. The third-order valence-corrected chi connectivity index (χ3v) is 5.57. The molecule has 1 saturated heterocycles. The maximum atomic E-state index is 14.8. The van der Waals surface area contributed by atoms with Crippen LogP contribution in [0, 0.1) is 5.82 Å². The Bertz CT molecular complexity index is 1020. The first kappa shape index (κ1) is 19.2. The topological polar surface area (TPSA) is 67.7 Å². The Morgan fingerprint density at radius 1 is 1.10 bits per heavy atom. The largest absolute Gasteiger partial charge is 0.369 e. The summed E-state index contributed by atoms with van der Waals surface area (Å²) >= 11 is 0. The zero-order chi connectivity index (χ0) is 20.4. The van der Waals surface area contributed by atoms with Crippen molar-refractivity contribution < 1.29 is 8.91 Å². The number of nitrogens with zero attached hydrogens (tertiary/aromatic N) is 3. The number of likely N-dealkylation sites (tertiary alicyclic amines) is 1. The van der Waals surface area contributed by atoms with Gasteiger partial charge in [-0.3, -0.25) is 0 Å². The molecule has 2 heterocycles. The van der Waals surface area contributed by atoms with E-state index >= 15 is 0 Å². The zero-order valence-corrected chi connectivity index (χ0v) is 16.7. The Kier molecular flexibility index (Phi) is 5.09. The van der Waals surface area contributed by atoms with Gasteiger partial charge in [-0.15, -0.1) is 0 Å². The molecule has 0 spiro atoms. The Labute approximate surface area is 170 Å². The Morgan fingerprint density at radius 3 is 2.52 bits per heavy atom. The van der Waals surface area contributed by atoms with Crippen LogP contribution in [0.15, 0.2) is 64.1 Å². The van der Waals surface area contributed by atoms with Crippen LogP contribution in [0.5, 0.6) is 0 Å². The van der Waals surface area contributed by atoms with Gasteiger partial charge >= 0.3 is 0 Å². The van der Waals surface area contributed by atoms with Crippen molar-refractivity contribution in [3.63, 3.8) is 0 Å². The van der Waals surface area contributed by atoms with E-state index in [0.717, 1.165) is 37.1 Å². The van der Waals surface area contributed by atoms with Crippen LogP contribution in [0.25, 0.3) is 11.1 Å². The quantitative estimate of drug-likeness (QED) is 0.509. The Morgan fingerprint density at radius 2 is 1.83 bits per heavy atom.